The van der Waals surface area contributed by atoms with Crippen LogP contribution in [0.1, 0.15) is 50.2 Å². The number of pyridine rings is 2. The van der Waals surface area contributed by atoms with Gasteiger partial charge in [0.1, 0.15) is 0 Å². The molecule has 0 saturated heterocycles. The van der Waals surface area contributed by atoms with E-state index < -0.39 is 5.41 Å². The van der Waals surface area contributed by atoms with Gasteiger partial charge < -0.3 is 0 Å². The van der Waals surface area contributed by atoms with Gasteiger partial charge in [-0.05, 0) is 81.6 Å². The summed E-state index contributed by atoms with van der Waals surface area (Å²) in [7, 11) is 0. The van der Waals surface area contributed by atoms with Crippen molar-refractivity contribution in [2.45, 2.75) is 38.5 Å². The fourth-order valence-corrected chi connectivity index (χ4v) is 7.67. The Morgan fingerprint density at radius 1 is 0.370 bits per heavy atom. The van der Waals surface area contributed by atoms with Crippen LogP contribution >= 0.6 is 0 Å². The SMILES string of the molecule is CC1(C)c2cc(c3ccccc3c2)-c2cc3ccccc3c(n2)C(C)(C)c2nc(cc3ccccc23)-c2cc1cc1ccccc21. The highest BCUT2D eigenvalue weighted by Crippen LogP contribution is 2.45. The molecule has 0 radical (unpaired) electrons. The van der Waals surface area contributed by atoms with Crippen molar-refractivity contribution >= 4 is 43.1 Å². The average Bonchev–Trinajstić information content (AvgIpc) is 3.09. The van der Waals surface area contributed by atoms with E-state index in [4.69, 9.17) is 9.97 Å². The molecule has 8 aromatic rings. The van der Waals surface area contributed by atoms with Gasteiger partial charge in [-0.25, -0.2) is 0 Å². The van der Waals surface area contributed by atoms with Crippen LogP contribution in [0.15, 0.2) is 133 Å². The van der Waals surface area contributed by atoms with Gasteiger partial charge in [0.2, 0.25) is 0 Å². The number of rotatable bonds is 0. The minimum absolute atomic E-state index is 0.291. The van der Waals surface area contributed by atoms with E-state index in [1.54, 1.807) is 0 Å². The second kappa shape index (κ2) is 9.58. The molecule has 6 aromatic carbocycles. The van der Waals surface area contributed by atoms with E-state index in [2.05, 4.69) is 161 Å². The van der Waals surface area contributed by atoms with Crippen molar-refractivity contribution < 1.29 is 0 Å². The zero-order valence-corrected chi connectivity index (χ0v) is 26.6. The highest BCUT2D eigenvalue weighted by molar-refractivity contribution is 6.02. The van der Waals surface area contributed by atoms with Gasteiger partial charge in [-0.2, -0.15) is 0 Å². The monoisotopic (exact) mass is 590 g/mol. The van der Waals surface area contributed by atoms with E-state index >= 15 is 0 Å². The zero-order valence-electron chi connectivity index (χ0n) is 26.6. The molecule has 3 heterocycles. The number of fused-ring (bicyclic) bond motifs is 18. The van der Waals surface area contributed by atoms with E-state index in [9.17, 15) is 0 Å². The van der Waals surface area contributed by atoms with Gasteiger partial charge in [-0.3, -0.25) is 9.97 Å². The predicted octanol–water partition coefficient (Wildman–Crippen LogP) is 11.4. The first-order valence-electron chi connectivity index (χ1n) is 16.2. The molecule has 220 valence electrons. The molecule has 0 fully saturated rings. The average molecular weight is 591 g/mol. The predicted molar refractivity (Wildman–Crippen MR) is 194 cm³/mol. The van der Waals surface area contributed by atoms with Crippen molar-refractivity contribution in [2.24, 2.45) is 0 Å². The zero-order chi connectivity index (χ0) is 31.2. The molecule has 0 unspecified atom stereocenters. The lowest BCUT2D eigenvalue weighted by molar-refractivity contribution is 0.610. The van der Waals surface area contributed by atoms with Crippen LogP contribution in [0.3, 0.4) is 0 Å². The van der Waals surface area contributed by atoms with E-state index in [-0.39, 0.29) is 5.41 Å². The second-order valence-corrected chi connectivity index (χ2v) is 13.9. The van der Waals surface area contributed by atoms with E-state index in [0.717, 1.165) is 44.7 Å². The molecular formula is C44H34N2. The van der Waals surface area contributed by atoms with Crippen LogP contribution < -0.4 is 0 Å². The fraction of sp³-hybridized carbons (Fsp3) is 0.136. The summed E-state index contributed by atoms with van der Waals surface area (Å²) in [4.78, 5) is 11.2. The Balaban J connectivity index is 1.52. The Bertz CT molecular complexity index is 2360. The third-order valence-corrected chi connectivity index (χ3v) is 10.4. The molecule has 0 aliphatic carbocycles. The molecular weight excluding hydrogens is 556 g/mol. The van der Waals surface area contributed by atoms with E-state index in [0.29, 0.717) is 0 Å². The Morgan fingerprint density at radius 2 is 0.717 bits per heavy atom. The molecule has 0 atom stereocenters. The minimum Gasteiger partial charge on any atom is -0.251 e. The smallest absolute Gasteiger partial charge is 0.0718 e. The van der Waals surface area contributed by atoms with Crippen molar-refractivity contribution in [2.75, 3.05) is 0 Å². The molecule has 0 spiro atoms. The Morgan fingerprint density at radius 3 is 1.13 bits per heavy atom. The van der Waals surface area contributed by atoms with Crippen molar-refractivity contribution in [3.8, 4) is 22.5 Å². The molecule has 2 aromatic heterocycles. The summed E-state index contributed by atoms with van der Waals surface area (Å²) in [6.07, 6.45) is 0. The Kier molecular flexibility index (Phi) is 5.63. The normalized spacial score (nSPS) is 14.9. The lowest BCUT2D eigenvalue weighted by atomic mass is 9.75. The van der Waals surface area contributed by atoms with Gasteiger partial charge in [0.15, 0.2) is 0 Å². The van der Waals surface area contributed by atoms with Crippen LogP contribution in [0.2, 0.25) is 0 Å². The van der Waals surface area contributed by atoms with Crippen LogP contribution in [-0.4, -0.2) is 9.97 Å². The third kappa shape index (κ3) is 3.89. The molecule has 46 heavy (non-hydrogen) atoms. The molecule has 9 rings (SSSR count). The number of nitrogens with zero attached hydrogens (tertiary/aromatic N) is 2. The van der Waals surface area contributed by atoms with Crippen LogP contribution in [0.4, 0.5) is 0 Å². The maximum atomic E-state index is 5.61. The number of aromatic nitrogens is 2. The van der Waals surface area contributed by atoms with Crippen LogP contribution in [-0.2, 0) is 10.8 Å². The van der Waals surface area contributed by atoms with Crippen molar-refractivity contribution in [3.05, 3.63) is 156 Å². The number of benzene rings is 6. The first-order valence-corrected chi connectivity index (χ1v) is 16.2. The molecule has 2 nitrogen and oxygen atoms in total. The fourth-order valence-electron chi connectivity index (χ4n) is 7.67. The van der Waals surface area contributed by atoms with Crippen molar-refractivity contribution in [3.63, 3.8) is 0 Å². The number of hydrogen-bond acceptors (Lipinski definition) is 2. The maximum Gasteiger partial charge on any atom is 0.0718 e. The summed E-state index contributed by atoms with van der Waals surface area (Å²) < 4.78 is 0. The summed E-state index contributed by atoms with van der Waals surface area (Å²) >= 11 is 0. The number of hydrogen-bond donors (Lipinski definition) is 0. The summed E-state index contributed by atoms with van der Waals surface area (Å²) in [5, 5.41) is 9.58. The van der Waals surface area contributed by atoms with Gasteiger partial charge in [-0.1, -0.05) is 123 Å². The highest BCUT2D eigenvalue weighted by Gasteiger charge is 2.33. The molecule has 0 amide bonds. The maximum absolute atomic E-state index is 5.61. The Labute approximate surface area is 269 Å². The van der Waals surface area contributed by atoms with E-state index in [1.165, 1.54) is 43.4 Å². The van der Waals surface area contributed by atoms with E-state index in [1.807, 2.05) is 0 Å². The minimum atomic E-state index is -0.505. The first kappa shape index (κ1) is 27.0. The molecule has 1 aliphatic rings. The van der Waals surface area contributed by atoms with Crippen molar-refractivity contribution in [1.82, 2.24) is 9.97 Å². The summed E-state index contributed by atoms with van der Waals surface area (Å²) in [6.45, 7) is 9.29. The second-order valence-electron chi connectivity index (χ2n) is 13.9. The highest BCUT2D eigenvalue weighted by atomic mass is 14.8. The summed E-state index contributed by atoms with van der Waals surface area (Å²) in [6, 6.07) is 49.0. The topological polar surface area (TPSA) is 25.8 Å². The van der Waals surface area contributed by atoms with Crippen LogP contribution in [0, 0.1) is 0 Å². The first-order chi connectivity index (χ1) is 22.3. The van der Waals surface area contributed by atoms with Gasteiger partial charge in [0, 0.05) is 27.3 Å². The molecule has 2 heteroatoms. The lowest BCUT2D eigenvalue weighted by Crippen LogP contribution is -2.24. The van der Waals surface area contributed by atoms with Crippen LogP contribution in [0.25, 0.3) is 65.6 Å². The van der Waals surface area contributed by atoms with Gasteiger partial charge in [0.05, 0.1) is 28.2 Å². The van der Waals surface area contributed by atoms with Gasteiger partial charge >= 0.3 is 0 Å². The third-order valence-electron chi connectivity index (χ3n) is 10.4. The lowest BCUT2D eigenvalue weighted by Gasteiger charge is -2.31. The van der Waals surface area contributed by atoms with Crippen LogP contribution in [0.5, 0.6) is 0 Å². The standard InChI is InChI=1S/C44H34N2/c1-43(2)31-21-27-13-5-9-17-33(27)37(25-31)39-23-29-15-7-11-19-35(29)41(45-39)44(3,4)42-36-20-12-8-16-30(36)24-40(46-42)38-26-32(43)22-28-14-6-10-18-34(28)38/h5-26H,1-4H3. The molecule has 0 saturated carbocycles. The van der Waals surface area contributed by atoms with Crippen molar-refractivity contribution in [1.29, 1.82) is 0 Å². The summed E-state index contributed by atoms with van der Waals surface area (Å²) in [5.74, 6) is 0. The summed E-state index contributed by atoms with van der Waals surface area (Å²) in [5.41, 5.74) is 8.13. The van der Waals surface area contributed by atoms with Gasteiger partial charge in [0.25, 0.3) is 0 Å². The molecule has 1 aliphatic heterocycles. The largest absolute Gasteiger partial charge is 0.251 e. The van der Waals surface area contributed by atoms with Gasteiger partial charge in [-0.15, -0.1) is 0 Å². The molecule has 8 bridgehead atoms. The quantitative estimate of drug-likeness (QED) is 0.176. The molecule has 0 N–H and O–H groups in total. The Hall–Kier alpha value is -5.34.